The van der Waals surface area contributed by atoms with E-state index in [-0.39, 0.29) is 12.1 Å². The van der Waals surface area contributed by atoms with Crippen molar-refractivity contribution in [3.05, 3.63) is 41.3 Å². The summed E-state index contributed by atoms with van der Waals surface area (Å²) in [5, 5.41) is 7.60. The Morgan fingerprint density at radius 3 is 2.58 bits per heavy atom. The highest BCUT2D eigenvalue weighted by atomic mass is 16.5. The Morgan fingerprint density at radius 1 is 1.17 bits per heavy atom. The third-order valence-electron chi connectivity index (χ3n) is 4.03. The molecule has 1 aromatic heterocycles. The van der Waals surface area contributed by atoms with Crippen LogP contribution in [0.4, 0.5) is 0 Å². The summed E-state index contributed by atoms with van der Waals surface area (Å²) in [4.78, 5) is 0. The molecular weight excluding hydrogens is 304 g/mol. The van der Waals surface area contributed by atoms with E-state index in [0.29, 0.717) is 6.61 Å². The lowest BCUT2D eigenvalue weighted by molar-refractivity contribution is 0.288. The monoisotopic (exact) mass is 332 g/mol. The van der Waals surface area contributed by atoms with Crippen molar-refractivity contribution in [2.75, 3.05) is 13.7 Å². The Kier molecular flexibility index (Phi) is 6.67. The van der Waals surface area contributed by atoms with Crippen LogP contribution in [0.15, 0.2) is 28.8 Å². The van der Waals surface area contributed by atoms with E-state index in [1.165, 1.54) is 0 Å². The molecule has 2 atom stereocenters. The highest BCUT2D eigenvalue weighted by molar-refractivity contribution is 5.43. The number of nitrogens with zero attached hydrogens (tertiary/aromatic N) is 1. The highest BCUT2D eigenvalue weighted by Crippen LogP contribution is 2.31. The first-order valence-electron chi connectivity index (χ1n) is 8.55. The second-order valence-corrected chi connectivity index (χ2v) is 6.08. The fourth-order valence-corrected chi connectivity index (χ4v) is 2.55. The Hall–Kier alpha value is -2.01. The standard InChI is InChI=1S/C19H28N2O3/c1-6-7-10-23-18-9-8-16(12-19(18)22-5)14(3)20-15(4)17-11-13(2)24-21-17/h8-9,11-12,14-15,20H,6-7,10H2,1-5H3/t14-,15-/m0/s1. The summed E-state index contributed by atoms with van der Waals surface area (Å²) in [6.45, 7) is 8.95. The predicted octanol–water partition coefficient (Wildman–Crippen LogP) is 4.58. The number of aromatic nitrogens is 1. The molecule has 0 bridgehead atoms. The van der Waals surface area contributed by atoms with Crippen LogP contribution in [0.25, 0.3) is 0 Å². The third kappa shape index (κ3) is 4.74. The van der Waals surface area contributed by atoms with Crippen molar-refractivity contribution in [3.63, 3.8) is 0 Å². The molecule has 2 aromatic rings. The van der Waals surface area contributed by atoms with Gasteiger partial charge in [-0.25, -0.2) is 0 Å². The summed E-state index contributed by atoms with van der Waals surface area (Å²) < 4.78 is 16.4. The minimum absolute atomic E-state index is 0.101. The van der Waals surface area contributed by atoms with Gasteiger partial charge in [-0.1, -0.05) is 24.6 Å². The lowest BCUT2D eigenvalue weighted by Crippen LogP contribution is -2.22. The van der Waals surface area contributed by atoms with Gasteiger partial charge < -0.3 is 19.3 Å². The molecule has 24 heavy (non-hydrogen) atoms. The number of hydrogen-bond acceptors (Lipinski definition) is 5. The van der Waals surface area contributed by atoms with Crippen LogP contribution >= 0.6 is 0 Å². The molecule has 1 N–H and O–H groups in total. The molecular formula is C19H28N2O3. The SMILES string of the molecule is CCCCOc1ccc([C@H](C)N[C@@H](C)c2cc(C)on2)cc1OC. The van der Waals surface area contributed by atoms with E-state index in [2.05, 4.69) is 37.3 Å². The summed E-state index contributed by atoms with van der Waals surface area (Å²) in [5.41, 5.74) is 2.05. The lowest BCUT2D eigenvalue weighted by Gasteiger charge is -2.20. The van der Waals surface area contributed by atoms with Gasteiger partial charge in [0.05, 0.1) is 19.8 Å². The molecule has 0 fully saturated rings. The van der Waals surface area contributed by atoms with Crippen LogP contribution in [-0.4, -0.2) is 18.9 Å². The van der Waals surface area contributed by atoms with Crippen LogP contribution in [0.5, 0.6) is 11.5 Å². The van der Waals surface area contributed by atoms with Crippen molar-refractivity contribution < 1.29 is 14.0 Å². The zero-order valence-electron chi connectivity index (χ0n) is 15.3. The molecule has 0 amide bonds. The van der Waals surface area contributed by atoms with Crippen molar-refractivity contribution in [3.8, 4) is 11.5 Å². The summed E-state index contributed by atoms with van der Waals surface area (Å²) in [6.07, 6.45) is 2.15. The molecule has 0 aliphatic rings. The molecule has 0 radical (unpaired) electrons. The average molecular weight is 332 g/mol. The van der Waals surface area contributed by atoms with Crippen molar-refractivity contribution in [2.24, 2.45) is 0 Å². The van der Waals surface area contributed by atoms with E-state index in [1.807, 2.05) is 25.1 Å². The first-order valence-corrected chi connectivity index (χ1v) is 8.55. The third-order valence-corrected chi connectivity index (χ3v) is 4.03. The number of nitrogens with one attached hydrogen (secondary N) is 1. The Labute approximate surface area is 144 Å². The first-order chi connectivity index (χ1) is 11.5. The molecule has 0 unspecified atom stereocenters. The number of unbranched alkanes of at least 4 members (excludes halogenated alkanes) is 1. The quantitative estimate of drug-likeness (QED) is 0.681. The minimum Gasteiger partial charge on any atom is -0.493 e. The normalized spacial score (nSPS) is 13.5. The maximum Gasteiger partial charge on any atom is 0.161 e. The van der Waals surface area contributed by atoms with Gasteiger partial charge in [-0.15, -0.1) is 0 Å². The number of ether oxygens (including phenoxy) is 2. The number of methoxy groups -OCH3 is 1. The molecule has 132 valence electrons. The lowest BCUT2D eigenvalue weighted by atomic mass is 10.1. The van der Waals surface area contributed by atoms with Crippen LogP contribution < -0.4 is 14.8 Å². The molecule has 2 rings (SSSR count). The van der Waals surface area contributed by atoms with Gasteiger partial charge in [-0.3, -0.25) is 0 Å². The van der Waals surface area contributed by atoms with Gasteiger partial charge in [-0.05, 0) is 44.9 Å². The maximum absolute atomic E-state index is 5.79. The molecule has 1 heterocycles. The highest BCUT2D eigenvalue weighted by Gasteiger charge is 2.16. The van der Waals surface area contributed by atoms with Gasteiger partial charge in [0.2, 0.25) is 0 Å². The summed E-state index contributed by atoms with van der Waals surface area (Å²) in [7, 11) is 1.67. The summed E-state index contributed by atoms with van der Waals surface area (Å²) in [6, 6.07) is 8.28. The van der Waals surface area contributed by atoms with Gasteiger partial charge in [0.1, 0.15) is 11.5 Å². The Morgan fingerprint density at radius 2 is 1.96 bits per heavy atom. The van der Waals surface area contributed by atoms with Crippen LogP contribution in [0.3, 0.4) is 0 Å². The van der Waals surface area contributed by atoms with Crippen LogP contribution in [0.1, 0.15) is 62.7 Å². The Balaban J connectivity index is 2.04. The van der Waals surface area contributed by atoms with E-state index in [4.69, 9.17) is 14.0 Å². The number of benzene rings is 1. The fourth-order valence-electron chi connectivity index (χ4n) is 2.55. The van der Waals surface area contributed by atoms with Gasteiger partial charge in [0.15, 0.2) is 11.5 Å². The van der Waals surface area contributed by atoms with Crippen molar-refractivity contribution in [1.82, 2.24) is 10.5 Å². The first kappa shape index (κ1) is 18.3. The molecule has 1 aromatic carbocycles. The molecule has 0 aliphatic heterocycles. The van der Waals surface area contributed by atoms with Crippen LogP contribution in [0.2, 0.25) is 0 Å². The largest absolute Gasteiger partial charge is 0.493 e. The molecule has 0 saturated heterocycles. The van der Waals surface area contributed by atoms with E-state index in [9.17, 15) is 0 Å². The molecule has 0 aliphatic carbocycles. The second kappa shape index (κ2) is 8.73. The minimum atomic E-state index is 0.101. The number of hydrogen-bond donors (Lipinski definition) is 1. The van der Waals surface area contributed by atoms with E-state index >= 15 is 0 Å². The van der Waals surface area contributed by atoms with Gasteiger partial charge in [-0.2, -0.15) is 0 Å². The second-order valence-electron chi connectivity index (χ2n) is 6.08. The van der Waals surface area contributed by atoms with Crippen molar-refractivity contribution in [2.45, 2.75) is 52.6 Å². The molecule has 5 nitrogen and oxygen atoms in total. The van der Waals surface area contributed by atoms with Crippen LogP contribution in [-0.2, 0) is 0 Å². The molecule has 0 spiro atoms. The van der Waals surface area contributed by atoms with Crippen LogP contribution in [0, 0.1) is 6.92 Å². The zero-order chi connectivity index (χ0) is 17.5. The Bertz CT molecular complexity index is 639. The fraction of sp³-hybridized carbons (Fsp3) is 0.526. The number of aryl methyl sites for hydroxylation is 1. The van der Waals surface area contributed by atoms with Crippen molar-refractivity contribution >= 4 is 0 Å². The van der Waals surface area contributed by atoms with Crippen molar-refractivity contribution in [1.29, 1.82) is 0 Å². The smallest absolute Gasteiger partial charge is 0.161 e. The molecule has 5 heteroatoms. The molecule has 0 saturated carbocycles. The maximum atomic E-state index is 5.79. The zero-order valence-corrected chi connectivity index (χ0v) is 15.3. The van der Waals surface area contributed by atoms with Gasteiger partial charge in [0.25, 0.3) is 0 Å². The van der Waals surface area contributed by atoms with E-state index in [1.54, 1.807) is 7.11 Å². The van der Waals surface area contributed by atoms with Gasteiger partial charge in [0, 0.05) is 12.1 Å². The van der Waals surface area contributed by atoms with E-state index in [0.717, 1.165) is 41.4 Å². The summed E-state index contributed by atoms with van der Waals surface area (Å²) >= 11 is 0. The average Bonchev–Trinajstić information content (AvgIpc) is 3.01. The summed E-state index contributed by atoms with van der Waals surface area (Å²) in [5.74, 6) is 2.38. The number of rotatable bonds is 9. The van der Waals surface area contributed by atoms with E-state index < -0.39 is 0 Å². The topological polar surface area (TPSA) is 56.5 Å². The predicted molar refractivity (Wildman–Crippen MR) is 94.6 cm³/mol. The van der Waals surface area contributed by atoms with Gasteiger partial charge >= 0.3 is 0 Å².